The molecule has 0 unspecified atom stereocenters. The molecule has 19 heavy (non-hydrogen) atoms. The minimum absolute atomic E-state index is 0.153. The van der Waals surface area contributed by atoms with Crippen LogP contribution in [0.15, 0.2) is 57.9 Å². The van der Waals surface area contributed by atoms with Crippen molar-refractivity contribution < 1.29 is 4.42 Å². The largest absolute Gasteiger partial charge is 0.461 e. The van der Waals surface area contributed by atoms with Gasteiger partial charge >= 0.3 is 0 Å². The van der Waals surface area contributed by atoms with Crippen LogP contribution in [0.1, 0.15) is 5.56 Å². The Morgan fingerprint density at radius 3 is 2.58 bits per heavy atom. The first-order chi connectivity index (χ1) is 9.25. The summed E-state index contributed by atoms with van der Waals surface area (Å²) >= 11 is 0. The zero-order valence-electron chi connectivity index (χ0n) is 10.4. The number of benzene rings is 1. The molecular formula is C15H12N2O2. The lowest BCUT2D eigenvalue weighted by Gasteiger charge is -2.06. The second-order valence-electron chi connectivity index (χ2n) is 4.23. The van der Waals surface area contributed by atoms with Crippen molar-refractivity contribution in [2.75, 3.05) is 0 Å². The zero-order chi connectivity index (χ0) is 13.2. The maximum absolute atomic E-state index is 12.0. The normalized spacial score (nSPS) is 10.6. The highest BCUT2D eigenvalue weighted by Gasteiger charge is 2.11. The Morgan fingerprint density at radius 1 is 1.11 bits per heavy atom. The molecule has 2 aromatic heterocycles. The van der Waals surface area contributed by atoms with Gasteiger partial charge in [-0.05, 0) is 19.1 Å². The van der Waals surface area contributed by atoms with E-state index in [4.69, 9.17) is 4.42 Å². The highest BCUT2D eigenvalue weighted by molar-refractivity contribution is 5.64. The summed E-state index contributed by atoms with van der Waals surface area (Å²) in [5.41, 5.74) is 2.04. The van der Waals surface area contributed by atoms with Gasteiger partial charge in [-0.3, -0.25) is 4.79 Å². The Bertz CT molecular complexity index is 744. The van der Waals surface area contributed by atoms with Gasteiger partial charge in [0.25, 0.3) is 5.56 Å². The van der Waals surface area contributed by atoms with Crippen LogP contribution >= 0.6 is 0 Å². The van der Waals surface area contributed by atoms with E-state index < -0.39 is 0 Å². The van der Waals surface area contributed by atoms with E-state index in [2.05, 4.69) is 9.97 Å². The predicted molar refractivity (Wildman–Crippen MR) is 72.7 cm³/mol. The Hall–Kier alpha value is -2.62. The number of hydrogen-bond acceptors (Lipinski definition) is 3. The molecule has 0 saturated carbocycles. The molecule has 1 N–H and O–H groups in total. The first-order valence-electron chi connectivity index (χ1n) is 5.96. The molecule has 2 heterocycles. The van der Waals surface area contributed by atoms with E-state index in [1.54, 1.807) is 25.3 Å². The minimum atomic E-state index is -0.153. The molecule has 0 fully saturated rings. The van der Waals surface area contributed by atoms with Gasteiger partial charge in [-0.15, -0.1) is 0 Å². The van der Waals surface area contributed by atoms with Crippen LogP contribution in [-0.4, -0.2) is 9.97 Å². The molecule has 0 saturated heterocycles. The van der Waals surface area contributed by atoms with Crippen LogP contribution in [0.25, 0.3) is 22.8 Å². The van der Waals surface area contributed by atoms with Gasteiger partial charge in [0.2, 0.25) is 0 Å². The van der Waals surface area contributed by atoms with Crippen molar-refractivity contribution in [2.24, 2.45) is 0 Å². The first kappa shape index (κ1) is 11.5. The van der Waals surface area contributed by atoms with Crippen LogP contribution in [0.3, 0.4) is 0 Å². The van der Waals surface area contributed by atoms with Gasteiger partial charge in [-0.1, -0.05) is 30.3 Å². The van der Waals surface area contributed by atoms with Crippen LogP contribution in [-0.2, 0) is 0 Å². The van der Waals surface area contributed by atoms with E-state index in [1.165, 1.54) is 0 Å². The van der Waals surface area contributed by atoms with Crippen molar-refractivity contribution in [1.29, 1.82) is 0 Å². The van der Waals surface area contributed by atoms with Gasteiger partial charge < -0.3 is 9.40 Å². The molecule has 4 nitrogen and oxygen atoms in total. The fourth-order valence-electron chi connectivity index (χ4n) is 1.94. The summed E-state index contributed by atoms with van der Waals surface area (Å²) in [6.07, 6.45) is 1.55. The Kier molecular flexibility index (Phi) is 2.76. The third-order valence-corrected chi connectivity index (χ3v) is 2.95. The maximum Gasteiger partial charge on any atom is 0.254 e. The summed E-state index contributed by atoms with van der Waals surface area (Å²) in [5, 5.41) is 0. The summed E-state index contributed by atoms with van der Waals surface area (Å²) < 4.78 is 5.27. The summed E-state index contributed by atoms with van der Waals surface area (Å²) in [4.78, 5) is 19.2. The van der Waals surface area contributed by atoms with Crippen LogP contribution in [0.2, 0.25) is 0 Å². The summed E-state index contributed by atoms with van der Waals surface area (Å²) in [7, 11) is 0. The van der Waals surface area contributed by atoms with E-state index in [0.29, 0.717) is 22.8 Å². The van der Waals surface area contributed by atoms with Crippen LogP contribution < -0.4 is 5.56 Å². The van der Waals surface area contributed by atoms with Gasteiger partial charge in [-0.2, -0.15) is 0 Å². The summed E-state index contributed by atoms with van der Waals surface area (Å²) in [6.45, 7) is 1.76. The van der Waals surface area contributed by atoms with Gasteiger partial charge in [-0.25, -0.2) is 4.98 Å². The van der Waals surface area contributed by atoms with Crippen molar-refractivity contribution in [3.05, 3.63) is 64.6 Å². The number of H-pyrrole nitrogens is 1. The molecule has 0 bridgehead atoms. The quantitative estimate of drug-likeness (QED) is 0.762. The van der Waals surface area contributed by atoms with Gasteiger partial charge in [0.05, 0.1) is 12.0 Å². The van der Waals surface area contributed by atoms with E-state index in [1.807, 2.05) is 30.3 Å². The maximum atomic E-state index is 12.0. The standard InChI is InChI=1S/C15H12N2O2/c1-10-13(11-6-3-2-4-7-11)16-14(17-15(10)18)12-8-5-9-19-12/h2-9H,1H3,(H,16,17,18). The molecule has 0 amide bonds. The summed E-state index contributed by atoms with van der Waals surface area (Å²) in [6, 6.07) is 13.2. The first-order valence-corrected chi connectivity index (χ1v) is 5.96. The van der Waals surface area contributed by atoms with Crippen molar-refractivity contribution >= 4 is 0 Å². The minimum Gasteiger partial charge on any atom is -0.461 e. The van der Waals surface area contributed by atoms with Gasteiger partial charge in [0, 0.05) is 11.1 Å². The second-order valence-corrected chi connectivity index (χ2v) is 4.23. The van der Waals surface area contributed by atoms with Crippen molar-refractivity contribution in [3.8, 4) is 22.8 Å². The average molecular weight is 252 g/mol. The third-order valence-electron chi connectivity index (χ3n) is 2.95. The molecule has 0 atom stereocenters. The van der Waals surface area contributed by atoms with E-state index in [0.717, 1.165) is 5.56 Å². The number of nitrogens with zero attached hydrogens (tertiary/aromatic N) is 1. The van der Waals surface area contributed by atoms with E-state index in [-0.39, 0.29) is 5.56 Å². The van der Waals surface area contributed by atoms with E-state index >= 15 is 0 Å². The monoisotopic (exact) mass is 252 g/mol. The molecule has 94 valence electrons. The lowest BCUT2D eigenvalue weighted by molar-refractivity contribution is 0.577. The van der Waals surface area contributed by atoms with Crippen LogP contribution in [0.4, 0.5) is 0 Å². The predicted octanol–water partition coefficient (Wildman–Crippen LogP) is 3.01. The number of aromatic amines is 1. The SMILES string of the molecule is Cc1c(-c2ccccc2)nc(-c2ccco2)[nH]c1=O. The fourth-order valence-corrected chi connectivity index (χ4v) is 1.94. The third kappa shape index (κ3) is 2.08. The smallest absolute Gasteiger partial charge is 0.254 e. The molecule has 0 aliphatic heterocycles. The molecule has 3 rings (SSSR count). The molecule has 0 spiro atoms. The molecule has 0 radical (unpaired) electrons. The molecule has 1 aromatic carbocycles. The van der Waals surface area contributed by atoms with Crippen molar-refractivity contribution in [2.45, 2.75) is 6.92 Å². The van der Waals surface area contributed by atoms with Crippen molar-refractivity contribution in [3.63, 3.8) is 0 Å². The molecule has 0 aliphatic rings. The average Bonchev–Trinajstić information content (AvgIpc) is 2.97. The highest BCUT2D eigenvalue weighted by atomic mass is 16.3. The van der Waals surface area contributed by atoms with E-state index in [9.17, 15) is 4.79 Å². The Balaban J connectivity index is 2.23. The topological polar surface area (TPSA) is 58.9 Å². The van der Waals surface area contributed by atoms with Gasteiger partial charge in [0.15, 0.2) is 11.6 Å². The molecule has 3 aromatic rings. The molecular weight excluding hydrogens is 240 g/mol. The fraction of sp³-hybridized carbons (Fsp3) is 0.0667. The second kappa shape index (κ2) is 4.57. The lowest BCUT2D eigenvalue weighted by Crippen LogP contribution is -2.14. The Morgan fingerprint density at radius 2 is 1.89 bits per heavy atom. The number of nitrogens with one attached hydrogen (secondary N) is 1. The summed E-state index contributed by atoms with van der Waals surface area (Å²) in [5.74, 6) is 0.994. The number of hydrogen-bond donors (Lipinski definition) is 1. The number of aromatic nitrogens is 2. The van der Waals surface area contributed by atoms with Crippen LogP contribution in [0, 0.1) is 6.92 Å². The molecule has 4 heteroatoms. The molecule has 0 aliphatic carbocycles. The van der Waals surface area contributed by atoms with Crippen LogP contribution in [0.5, 0.6) is 0 Å². The van der Waals surface area contributed by atoms with Crippen molar-refractivity contribution in [1.82, 2.24) is 9.97 Å². The Labute approximate surface area is 109 Å². The van der Waals surface area contributed by atoms with Gasteiger partial charge in [0.1, 0.15) is 0 Å². The highest BCUT2D eigenvalue weighted by Crippen LogP contribution is 2.21. The lowest BCUT2D eigenvalue weighted by atomic mass is 10.1. The number of furan rings is 1. The zero-order valence-corrected chi connectivity index (χ0v) is 10.4. The number of rotatable bonds is 2.